The normalized spacial score (nSPS) is 12.1. The van der Waals surface area contributed by atoms with Crippen LogP contribution >= 0.6 is 0 Å². The summed E-state index contributed by atoms with van der Waals surface area (Å²) in [4.78, 5) is 3.93. The summed E-state index contributed by atoms with van der Waals surface area (Å²) < 4.78 is 0. The second kappa shape index (κ2) is 3.84. The summed E-state index contributed by atoms with van der Waals surface area (Å²) in [5.41, 5.74) is 7.05. The van der Waals surface area contributed by atoms with E-state index in [1.54, 1.807) is 12.3 Å². The summed E-state index contributed by atoms with van der Waals surface area (Å²) in [6.07, 6.45) is 2.42. The molecule has 0 unspecified atom stereocenters. The van der Waals surface area contributed by atoms with Gasteiger partial charge in [-0.2, -0.15) is 5.26 Å². The number of hydrogen-bond acceptors (Lipinski definition) is 3. The molecular formula is C9H11N3. The fourth-order valence-electron chi connectivity index (χ4n) is 1.03. The fourth-order valence-corrected chi connectivity index (χ4v) is 1.03. The van der Waals surface area contributed by atoms with E-state index < -0.39 is 0 Å². The smallest absolute Gasteiger partial charge is 0.145 e. The number of aromatic nitrogens is 1. The second-order valence-corrected chi connectivity index (χ2v) is 2.57. The van der Waals surface area contributed by atoms with Crippen LogP contribution in [0.3, 0.4) is 0 Å². The zero-order valence-electron chi connectivity index (χ0n) is 6.99. The Hall–Kier alpha value is -1.40. The number of rotatable bonds is 2. The molecule has 0 aliphatic carbocycles. The van der Waals surface area contributed by atoms with Crippen molar-refractivity contribution in [3.8, 4) is 6.07 Å². The van der Waals surface area contributed by atoms with Gasteiger partial charge >= 0.3 is 0 Å². The second-order valence-electron chi connectivity index (χ2n) is 2.57. The van der Waals surface area contributed by atoms with E-state index in [1.165, 1.54) is 0 Å². The van der Waals surface area contributed by atoms with Crippen LogP contribution in [0.5, 0.6) is 0 Å². The predicted octanol–water partition coefficient (Wildman–Crippen LogP) is 1.36. The SMILES string of the molecule is CC[C@@H](N)c1cccnc1C#N. The monoisotopic (exact) mass is 161 g/mol. The van der Waals surface area contributed by atoms with Crippen molar-refractivity contribution in [3.05, 3.63) is 29.6 Å². The molecule has 0 aliphatic rings. The lowest BCUT2D eigenvalue weighted by molar-refractivity contribution is 0.692. The first-order valence-corrected chi connectivity index (χ1v) is 3.90. The van der Waals surface area contributed by atoms with E-state index in [-0.39, 0.29) is 6.04 Å². The van der Waals surface area contributed by atoms with Gasteiger partial charge in [0.15, 0.2) is 0 Å². The molecule has 0 amide bonds. The highest BCUT2D eigenvalue weighted by atomic mass is 14.7. The Morgan fingerprint density at radius 1 is 1.75 bits per heavy atom. The molecule has 1 atom stereocenters. The van der Waals surface area contributed by atoms with E-state index in [1.807, 2.05) is 19.1 Å². The molecule has 0 saturated carbocycles. The van der Waals surface area contributed by atoms with Gasteiger partial charge < -0.3 is 5.73 Å². The van der Waals surface area contributed by atoms with Crippen LogP contribution in [0.15, 0.2) is 18.3 Å². The van der Waals surface area contributed by atoms with Crippen molar-refractivity contribution in [1.82, 2.24) is 4.98 Å². The number of nitrogens with two attached hydrogens (primary N) is 1. The molecule has 0 aromatic carbocycles. The van der Waals surface area contributed by atoms with Gasteiger partial charge in [-0.15, -0.1) is 0 Å². The number of nitriles is 1. The first kappa shape index (κ1) is 8.69. The molecule has 3 heteroatoms. The minimum absolute atomic E-state index is 0.0756. The number of nitrogens with zero attached hydrogens (tertiary/aromatic N) is 2. The standard InChI is InChI=1S/C9H11N3/c1-2-8(11)7-4-3-5-12-9(7)6-10/h3-5,8H,2,11H2,1H3/t8-/m1/s1. The third-order valence-corrected chi connectivity index (χ3v) is 1.78. The Balaban J connectivity index is 3.07. The highest BCUT2D eigenvalue weighted by Crippen LogP contribution is 2.15. The summed E-state index contributed by atoms with van der Waals surface area (Å²) in [5, 5.41) is 8.69. The summed E-state index contributed by atoms with van der Waals surface area (Å²) in [6, 6.07) is 5.59. The first-order chi connectivity index (χ1) is 5.79. The molecular weight excluding hydrogens is 150 g/mol. The van der Waals surface area contributed by atoms with Crippen LogP contribution in [0.1, 0.15) is 30.6 Å². The average Bonchev–Trinajstić information content (AvgIpc) is 2.16. The van der Waals surface area contributed by atoms with Gasteiger partial charge in [-0.1, -0.05) is 13.0 Å². The van der Waals surface area contributed by atoms with E-state index in [9.17, 15) is 0 Å². The molecule has 0 radical (unpaired) electrons. The first-order valence-electron chi connectivity index (χ1n) is 3.90. The lowest BCUT2D eigenvalue weighted by Gasteiger charge is -2.08. The van der Waals surface area contributed by atoms with Crippen molar-refractivity contribution in [1.29, 1.82) is 5.26 Å². The van der Waals surface area contributed by atoms with Crippen molar-refractivity contribution >= 4 is 0 Å². The van der Waals surface area contributed by atoms with Gasteiger partial charge in [0.25, 0.3) is 0 Å². The van der Waals surface area contributed by atoms with Crippen molar-refractivity contribution < 1.29 is 0 Å². The molecule has 0 aliphatic heterocycles. The van der Waals surface area contributed by atoms with Gasteiger partial charge in [-0.05, 0) is 12.5 Å². The molecule has 62 valence electrons. The molecule has 0 saturated heterocycles. The molecule has 0 fully saturated rings. The van der Waals surface area contributed by atoms with Crippen LogP contribution < -0.4 is 5.73 Å². The quantitative estimate of drug-likeness (QED) is 0.712. The van der Waals surface area contributed by atoms with Gasteiger partial charge in [-0.25, -0.2) is 4.98 Å². The molecule has 1 heterocycles. The van der Waals surface area contributed by atoms with E-state index >= 15 is 0 Å². The third-order valence-electron chi connectivity index (χ3n) is 1.78. The average molecular weight is 161 g/mol. The molecule has 0 spiro atoms. The van der Waals surface area contributed by atoms with Crippen LogP contribution in [0.25, 0.3) is 0 Å². The Kier molecular flexibility index (Phi) is 2.78. The van der Waals surface area contributed by atoms with Gasteiger partial charge in [0.05, 0.1) is 0 Å². The summed E-state index contributed by atoms with van der Waals surface area (Å²) in [7, 11) is 0. The van der Waals surface area contributed by atoms with Crippen molar-refractivity contribution in [3.63, 3.8) is 0 Å². The van der Waals surface area contributed by atoms with Crippen molar-refractivity contribution in [2.24, 2.45) is 5.73 Å². The lowest BCUT2D eigenvalue weighted by atomic mass is 10.0. The highest BCUT2D eigenvalue weighted by Gasteiger charge is 2.08. The van der Waals surface area contributed by atoms with Crippen molar-refractivity contribution in [2.75, 3.05) is 0 Å². The van der Waals surface area contributed by atoms with Crippen LogP contribution in [-0.2, 0) is 0 Å². The maximum Gasteiger partial charge on any atom is 0.145 e. The zero-order valence-corrected chi connectivity index (χ0v) is 6.99. The zero-order chi connectivity index (χ0) is 8.97. The number of hydrogen-bond donors (Lipinski definition) is 1. The van der Waals surface area contributed by atoms with E-state index in [2.05, 4.69) is 4.98 Å². The molecule has 12 heavy (non-hydrogen) atoms. The Bertz CT molecular complexity index is 301. The lowest BCUT2D eigenvalue weighted by Crippen LogP contribution is -2.11. The molecule has 1 rings (SSSR count). The van der Waals surface area contributed by atoms with Crippen LogP contribution in [0.4, 0.5) is 0 Å². The predicted molar refractivity (Wildman–Crippen MR) is 46.2 cm³/mol. The molecule has 0 bridgehead atoms. The van der Waals surface area contributed by atoms with E-state index in [4.69, 9.17) is 11.0 Å². The Morgan fingerprint density at radius 2 is 2.50 bits per heavy atom. The molecule has 1 aromatic rings. The summed E-state index contributed by atoms with van der Waals surface area (Å²) >= 11 is 0. The van der Waals surface area contributed by atoms with Crippen LogP contribution in [-0.4, -0.2) is 4.98 Å². The molecule has 3 nitrogen and oxygen atoms in total. The maximum atomic E-state index is 8.69. The minimum Gasteiger partial charge on any atom is -0.324 e. The fraction of sp³-hybridized carbons (Fsp3) is 0.333. The van der Waals surface area contributed by atoms with E-state index in [0.717, 1.165) is 12.0 Å². The van der Waals surface area contributed by atoms with Crippen molar-refractivity contribution in [2.45, 2.75) is 19.4 Å². The Morgan fingerprint density at radius 3 is 3.08 bits per heavy atom. The van der Waals surface area contributed by atoms with Gasteiger partial charge in [0, 0.05) is 17.8 Å². The van der Waals surface area contributed by atoms with E-state index in [0.29, 0.717) is 5.69 Å². The maximum absolute atomic E-state index is 8.69. The Labute approximate surface area is 71.8 Å². The highest BCUT2D eigenvalue weighted by molar-refractivity contribution is 5.32. The van der Waals surface area contributed by atoms with Gasteiger partial charge in [0.1, 0.15) is 11.8 Å². The summed E-state index contributed by atoms with van der Waals surface area (Å²) in [5.74, 6) is 0. The minimum atomic E-state index is -0.0756. The van der Waals surface area contributed by atoms with Gasteiger partial charge in [0.2, 0.25) is 0 Å². The molecule has 2 N–H and O–H groups in total. The topological polar surface area (TPSA) is 62.7 Å². The van der Waals surface area contributed by atoms with Gasteiger partial charge in [-0.3, -0.25) is 0 Å². The molecule has 1 aromatic heterocycles. The largest absolute Gasteiger partial charge is 0.324 e. The van der Waals surface area contributed by atoms with Crippen LogP contribution in [0, 0.1) is 11.3 Å². The summed E-state index contributed by atoms with van der Waals surface area (Å²) in [6.45, 7) is 1.98. The van der Waals surface area contributed by atoms with Crippen LogP contribution in [0.2, 0.25) is 0 Å². The third kappa shape index (κ3) is 1.60. The number of pyridine rings is 1.